The molecule has 4 nitrogen and oxygen atoms in total. The minimum absolute atomic E-state index is 0.0110. The Morgan fingerprint density at radius 1 is 0.933 bits per heavy atom. The predicted molar refractivity (Wildman–Crippen MR) is 51.6 cm³/mol. The van der Waals surface area contributed by atoms with Crippen LogP contribution in [0.3, 0.4) is 0 Å². The standard InChI is InChI=1S/C11H7NO3/c13-8-4-5-9(14)11(15)10(8)12-6-2-1-3-7-12/h1-7H/p+1. The van der Waals surface area contributed by atoms with Gasteiger partial charge in [-0.05, 0) is 12.2 Å². The summed E-state index contributed by atoms with van der Waals surface area (Å²) in [6.45, 7) is 0. The van der Waals surface area contributed by atoms with Gasteiger partial charge in [0.2, 0.25) is 11.5 Å². The van der Waals surface area contributed by atoms with Crippen LogP contribution in [0, 0.1) is 0 Å². The Morgan fingerprint density at radius 2 is 1.53 bits per heavy atom. The minimum atomic E-state index is -0.555. The Labute approximate surface area is 85.8 Å². The van der Waals surface area contributed by atoms with Crippen LogP contribution in [-0.4, -0.2) is 16.7 Å². The molecule has 1 heterocycles. The Hall–Kier alpha value is -2.23. The van der Waals surface area contributed by atoms with Crippen molar-refractivity contribution in [2.45, 2.75) is 0 Å². The zero-order valence-electron chi connectivity index (χ0n) is 7.75. The lowest BCUT2D eigenvalue weighted by molar-refractivity contribution is -0.578. The van der Waals surface area contributed by atoms with Gasteiger partial charge in [-0.1, -0.05) is 6.07 Å². The lowest BCUT2D eigenvalue weighted by Gasteiger charge is -2.03. The minimum Gasteiger partial charge on any atom is -0.499 e. The van der Waals surface area contributed by atoms with Crippen molar-refractivity contribution >= 4 is 17.3 Å². The monoisotopic (exact) mass is 202 g/mol. The zero-order valence-corrected chi connectivity index (χ0v) is 7.75. The normalized spacial score (nSPS) is 16.0. The summed E-state index contributed by atoms with van der Waals surface area (Å²) in [5, 5.41) is 9.50. The summed E-state index contributed by atoms with van der Waals surface area (Å²) in [6.07, 6.45) is 5.40. The smallest absolute Gasteiger partial charge is 0.304 e. The number of nitrogens with zero attached hydrogens (tertiary/aromatic N) is 1. The molecule has 15 heavy (non-hydrogen) atoms. The number of rotatable bonds is 1. The van der Waals surface area contributed by atoms with E-state index in [4.69, 9.17) is 0 Å². The summed E-state index contributed by atoms with van der Waals surface area (Å²) >= 11 is 0. The van der Waals surface area contributed by atoms with E-state index in [9.17, 15) is 14.7 Å². The van der Waals surface area contributed by atoms with Crippen LogP contribution in [0.15, 0.2) is 48.5 Å². The third-order valence-electron chi connectivity index (χ3n) is 2.05. The van der Waals surface area contributed by atoms with E-state index in [1.807, 2.05) is 0 Å². The maximum atomic E-state index is 11.5. The predicted octanol–water partition coefficient (Wildman–Crippen LogP) is 0.409. The number of hydrogen-bond acceptors (Lipinski definition) is 3. The zero-order chi connectivity index (χ0) is 10.8. The highest BCUT2D eigenvalue weighted by molar-refractivity contribution is 6.29. The third kappa shape index (κ3) is 1.57. The van der Waals surface area contributed by atoms with Crippen molar-refractivity contribution in [1.82, 2.24) is 0 Å². The summed E-state index contributed by atoms with van der Waals surface area (Å²) in [6, 6.07) is 5.19. The van der Waals surface area contributed by atoms with Gasteiger partial charge < -0.3 is 5.11 Å². The van der Waals surface area contributed by atoms with Crippen LogP contribution < -0.4 is 4.57 Å². The van der Waals surface area contributed by atoms with Crippen LogP contribution in [0.1, 0.15) is 0 Å². The first kappa shape index (κ1) is 9.33. The molecule has 0 saturated heterocycles. The van der Waals surface area contributed by atoms with Crippen molar-refractivity contribution in [3.63, 3.8) is 0 Å². The summed E-state index contributed by atoms with van der Waals surface area (Å²) in [5.41, 5.74) is -0.0110. The molecule has 1 aromatic rings. The molecule has 0 aromatic carbocycles. The van der Waals surface area contributed by atoms with Crippen LogP contribution in [0.5, 0.6) is 0 Å². The SMILES string of the molecule is O=C1C=CC(=O)C([n+]2ccccc2)=C1O. The molecule has 4 heteroatoms. The molecule has 0 fully saturated rings. The number of carbonyl (C=O) groups excluding carboxylic acids is 2. The fourth-order valence-electron chi connectivity index (χ4n) is 1.34. The van der Waals surface area contributed by atoms with Gasteiger partial charge in [0.25, 0.3) is 5.78 Å². The Morgan fingerprint density at radius 3 is 2.20 bits per heavy atom. The average Bonchev–Trinajstić information content (AvgIpc) is 2.26. The van der Waals surface area contributed by atoms with Crippen LogP contribution in [0.25, 0.3) is 5.70 Å². The van der Waals surface area contributed by atoms with Gasteiger partial charge in [-0.3, -0.25) is 9.59 Å². The first-order valence-electron chi connectivity index (χ1n) is 4.37. The number of pyridine rings is 1. The van der Waals surface area contributed by atoms with Gasteiger partial charge in [-0.2, -0.15) is 4.57 Å². The lowest BCUT2D eigenvalue weighted by Crippen LogP contribution is -2.38. The molecule has 1 N–H and O–H groups in total. The van der Waals surface area contributed by atoms with Gasteiger partial charge in [0, 0.05) is 12.1 Å². The molecule has 0 aliphatic heterocycles. The highest BCUT2D eigenvalue weighted by Gasteiger charge is 2.30. The molecular weight excluding hydrogens is 194 g/mol. The van der Waals surface area contributed by atoms with E-state index in [1.165, 1.54) is 4.57 Å². The molecule has 0 amide bonds. The van der Waals surface area contributed by atoms with Crippen molar-refractivity contribution in [1.29, 1.82) is 0 Å². The molecular formula is C11H8NO3+. The van der Waals surface area contributed by atoms with E-state index in [0.29, 0.717) is 0 Å². The largest absolute Gasteiger partial charge is 0.499 e. The topological polar surface area (TPSA) is 58.2 Å². The van der Waals surface area contributed by atoms with E-state index in [-0.39, 0.29) is 11.5 Å². The number of ketones is 2. The van der Waals surface area contributed by atoms with Gasteiger partial charge in [-0.15, -0.1) is 0 Å². The second kappa shape index (κ2) is 3.49. The molecule has 1 aliphatic carbocycles. The van der Waals surface area contributed by atoms with Crippen molar-refractivity contribution < 1.29 is 19.3 Å². The third-order valence-corrected chi connectivity index (χ3v) is 2.05. The van der Waals surface area contributed by atoms with Crippen LogP contribution in [-0.2, 0) is 9.59 Å². The molecule has 1 aromatic heterocycles. The molecule has 74 valence electrons. The molecule has 0 atom stereocenters. The summed E-state index contributed by atoms with van der Waals surface area (Å²) in [4.78, 5) is 22.6. The van der Waals surface area contributed by atoms with Crippen molar-refractivity contribution in [3.05, 3.63) is 48.5 Å². The number of carbonyl (C=O) groups is 2. The second-order valence-corrected chi connectivity index (χ2v) is 3.04. The first-order chi connectivity index (χ1) is 7.20. The molecule has 0 bridgehead atoms. The number of aliphatic hydroxyl groups is 1. The number of allylic oxidation sites excluding steroid dienone is 3. The Kier molecular flexibility index (Phi) is 2.17. The Bertz CT molecular complexity index is 486. The summed E-state index contributed by atoms with van der Waals surface area (Å²) in [5.74, 6) is -1.46. The highest BCUT2D eigenvalue weighted by Crippen LogP contribution is 2.10. The molecule has 1 aliphatic rings. The average molecular weight is 202 g/mol. The molecule has 2 rings (SSSR count). The number of hydrogen-bond donors (Lipinski definition) is 1. The number of aliphatic hydroxyl groups excluding tert-OH is 1. The van der Waals surface area contributed by atoms with Crippen LogP contribution >= 0.6 is 0 Å². The summed E-state index contributed by atoms with van der Waals surface area (Å²) in [7, 11) is 0. The van der Waals surface area contributed by atoms with E-state index in [1.54, 1.807) is 30.6 Å². The fourth-order valence-corrected chi connectivity index (χ4v) is 1.34. The number of aromatic nitrogens is 1. The lowest BCUT2D eigenvalue weighted by atomic mass is 10.1. The quantitative estimate of drug-likeness (QED) is 0.530. The van der Waals surface area contributed by atoms with E-state index in [0.717, 1.165) is 12.2 Å². The maximum Gasteiger partial charge on any atom is 0.304 e. The van der Waals surface area contributed by atoms with Crippen LogP contribution in [0.2, 0.25) is 0 Å². The van der Waals surface area contributed by atoms with Crippen molar-refractivity contribution in [2.75, 3.05) is 0 Å². The first-order valence-corrected chi connectivity index (χ1v) is 4.37. The molecule has 0 saturated carbocycles. The van der Waals surface area contributed by atoms with Crippen molar-refractivity contribution in [3.8, 4) is 0 Å². The second-order valence-electron chi connectivity index (χ2n) is 3.04. The fraction of sp³-hybridized carbons (Fsp3) is 0. The molecule has 0 radical (unpaired) electrons. The summed E-state index contributed by atoms with van der Waals surface area (Å²) < 4.78 is 1.42. The van der Waals surface area contributed by atoms with E-state index < -0.39 is 11.5 Å². The van der Waals surface area contributed by atoms with E-state index >= 15 is 0 Å². The van der Waals surface area contributed by atoms with Gasteiger partial charge >= 0.3 is 5.70 Å². The molecule has 0 spiro atoms. The van der Waals surface area contributed by atoms with Gasteiger partial charge in [0.15, 0.2) is 12.4 Å². The molecule has 0 unspecified atom stereocenters. The highest BCUT2D eigenvalue weighted by atomic mass is 16.3. The van der Waals surface area contributed by atoms with Gasteiger partial charge in [0.05, 0.1) is 0 Å². The van der Waals surface area contributed by atoms with Gasteiger partial charge in [-0.25, -0.2) is 0 Å². The van der Waals surface area contributed by atoms with Gasteiger partial charge in [0.1, 0.15) is 0 Å². The Balaban J connectivity index is 2.57. The van der Waals surface area contributed by atoms with Crippen molar-refractivity contribution in [2.24, 2.45) is 0 Å². The van der Waals surface area contributed by atoms with Crippen LogP contribution in [0.4, 0.5) is 0 Å². The maximum absolute atomic E-state index is 11.5. The van der Waals surface area contributed by atoms with E-state index in [2.05, 4.69) is 0 Å².